The van der Waals surface area contributed by atoms with Crippen LogP contribution < -0.4 is 0 Å². The maximum atomic E-state index is 11.6. The third kappa shape index (κ3) is 1.56. The molecule has 0 aromatic heterocycles. The molecule has 0 radical (unpaired) electrons. The summed E-state index contributed by atoms with van der Waals surface area (Å²) >= 11 is 0. The molecule has 0 aliphatic heterocycles. The summed E-state index contributed by atoms with van der Waals surface area (Å²) in [6.07, 6.45) is 7.36. The zero-order valence-corrected chi connectivity index (χ0v) is 9.26. The Bertz CT molecular complexity index is 326. The van der Waals surface area contributed by atoms with Gasteiger partial charge in [0, 0.05) is 6.42 Å². The predicted octanol–water partition coefficient (Wildman–Crippen LogP) is 3.27. The van der Waals surface area contributed by atoms with Gasteiger partial charge in [-0.3, -0.25) is 4.79 Å². The minimum absolute atomic E-state index is 0.181. The first-order valence-corrected chi connectivity index (χ1v) is 5.44. The van der Waals surface area contributed by atoms with Crippen molar-refractivity contribution >= 4 is 5.78 Å². The summed E-state index contributed by atoms with van der Waals surface area (Å²) in [5.74, 6) is 0.915. The molecule has 1 atom stereocenters. The van der Waals surface area contributed by atoms with Gasteiger partial charge in [0.15, 0.2) is 5.78 Å². The molecule has 0 saturated heterocycles. The Balaban J connectivity index is 2.31. The third-order valence-electron chi connectivity index (χ3n) is 3.28. The van der Waals surface area contributed by atoms with Gasteiger partial charge in [0.25, 0.3) is 0 Å². The number of allylic oxidation sites excluding steroid dienone is 4. The molecule has 0 spiro atoms. The summed E-state index contributed by atoms with van der Waals surface area (Å²) in [4.78, 5) is 11.6. The molecule has 0 amide bonds. The van der Waals surface area contributed by atoms with Crippen LogP contribution in [0.25, 0.3) is 0 Å². The van der Waals surface area contributed by atoms with Crippen LogP contribution in [-0.2, 0) is 4.79 Å². The van der Waals surface area contributed by atoms with Crippen LogP contribution in [0.3, 0.4) is 0 Å². The quantitative estimate of drug-likeness (QED) is 0.573. The van der Waals surface area contributed by atoms with E-state index in [1.807, 2.05) is 0 Å². The van der Waals surface area contributed by atoms with E-state index in [2.05, 4.69) is 32.9 Å². The van der Waals surface area contributed by atoms with Gasteiger partial charge in [-0.2, -0.15) is 0 Å². The Hall–Kier alpha value is -0.850. The van der Waals surface area contributed by atoms with Crippen molar-refractivity contribution in [3.05, 3.63) is 23.3 Å². The van der Waals surface area contributed by atoms with Gasteiger partial charge in [0.2, 0.25) is 0 Å². The van der Waals surface area contributed by atoms with Crippen LogP contribution in [0.1, 0.15) is 40.0 Å². The van der Waals surface area contributed by atoms with Crippen LogP contribution in [0.2, 0.25) is 0 Å². The van der Waals surface area contributed by atoms with E-state index in [4.69, 9.17) is 0 Å². The standard InChI is InChI=1S/C13H18O/c1-13(2,3)10-6-4-9-5-7-12(14)11(9)8-10/h6,8-9H,4-5,7H2,1-3H3. The molecule has 1 unspecified atom stereocenters. The largest absolute Gasteiger partial charge is 0.295 e. The molecule has 0 aromatic rings. The lowest BCUT2D eigenvalue weighted by molar-refractivity contribution is -0.114. The minimum Gasteiger partial charge on any atom is -0.295 e. The number of carbonyl (C=O) groups excluding carboxylic acids is 1. The smallest absolute Gasteiger partial charge is 0.159 e. The van der Waals surface area contributed by atoms with Crippen LogP contribution in [-0.4, -0.2) is 5.78 Å². The van der Waals surface area contributed by atoms with Gasteiger partial charge in [-0.15, -0.1) is 0 Å². The Morgan fingerprint density at radius 1 is 1.36 bits per heavy atom. The predicted molar refractivity (Wildman–Crippen MR) is 58.0 cm³/mol. The van der Waals surface area contributed by atoms with Crippen molar-refractivity contribution in [2.45, 2.75) is 40.0 Å². The lowest BCUT2D eigenvalue weighted by atomic mass is 9.79. The highest BCUT2D eigenvalue weighted by atomic mass is 16.1. The van der Waals surface area contributed by atoms with E-state index < -0.39 is 0 Å². The van der Waals surface area contributed by atoms with Gasteiger partial charge in [-0.1, -0.05) is 32.9 Å². The van der Waals surface area contributed by atoms with Gasteiger partial charge in [-0.25, -0.2) is 0 Å². The van der Waals surface area contributed by atoms with Gasteiger partial charge in [-0.05, 0) is 35.3 Å². The van der Waals surface area contributed by atoms with Crippen molar-refractivity contribution in [2.75, 3.05) is 0 Å². The first-order valence-electron chi connectivity index (χ1n) is 5.44. The molecular formula is C13H18O. The van der Waals surface area contributed by atoms with Gasteiger partial charge in [0.05, 0.1) is 0 Å². The monoisotopic (exact) mass is 190 g/mol. The molecule has 0 heterocycles. The van der Waals surface area contributed by atoms with Crippen molar-refractivity contribution < 1.29 is 4.79 Å². The molecule has 2 aliphatic rings. The normalized spacial score (nSPS) is 27.1. The number of ketones is 1. The number of fused-ring (bicyclic) bond motifs is 1. The van der Waals surface area contributed by atoms with Gasteiger partial charge < -0.3 is 0 Å². The van der Waals surface area contributed by atoms with Crippen molar-refractivity contribution in [3.63, 3.8) is 0 Å². The van der Waals surface area contributed by atoms with Crippen LogP contribution in [0, 0.1) is 11.3 Å². The fourth-order valence-electron chi connectivity index (χ4n) is 2.29. The Labute approximate surface area is 85.9 Å². The zero-order chi connectivity index (χ0) is 10.3. The summed E-state index contributed by atoms with van der Waals surface area (Å²) < 4.78 is 0. The topological polar surface area (TPSA) is 17.1 Å². The summed E-state index contributed by atoms with van der Waals surface area (Å²) in [6, 6.07) is 0. The van der Waals surface area contributed by atoms with E-state index in [1.165, 1.54) is 5.57 Å². The maximum absolute atomic E-state index is 11.6. The second-order valence-electron chi connectivity index (χ2n) is 5.40. The molecule has 14 heavy (non-hydrogen) atoms. The molecule has 2 aliphatic carbocycles. The van der Waals surface area contributed by atoms with Crippen LogP contribution in [0.15, 0.2) is 23.3 Å². The van der Waals surface area contributed by atoms with Crippen LogP contribution >= 0.6 is 0 Å². The molecule has 0 bridgehead atoms. The number of Topliss-reactive ketones (excluding diaryl/α,β-unsaturated/α-hetero) is 1. The molecular weight excluding hydrogens is 172 g/mol. The zero-order valence-electron chi connectivity index (χ0n) is 9.26. The fraction of sp³-hybridized carbons (Fsp3) is 0.615. The second kappa shape index (κ2) is 3.08. The van der Waals surface area contributed by atoms with Gasteiger partial charge >= 0.3 is 0 Å². The van der Waals surface area contributed by atoms with E-state index in [0.717, 1.165) is 24.8 Å². The minimum atomic E-state index is 0.181. The number of carbonyl (C=O) groups is 1. The highest BCUT2D eigenvalue weighted by molar-refractivity contribution is 5.98. The summed E-state index contributed by atoms with van der Waals surface area (Å²) in [6.45, 7) is 6.61. The van der Waals surface area contributed by atoms with Crippen molar-refractivity contribution in [1.29, 1.82) is 0 Å². The molecule has 1 saturated carbocycles. The molecule has 0 N–H and O–H groups in total. The van der Waals surface area contributed by atoms with Crippen molar-refractivity contribution in [2.24, 2.45) is 11.3 Å². The average Bonchev–Trinajstić information content (AvgIpc) is 2.46. The number of hydrogen-bond acceptors (Lipinski definition) is 1. The molecule has 1 heteroatoms. The van der Waals surface area contributed by atoms with Gasteiger partial charge in [0.1, 0.15) is 0 Å². The van der Waals surface area contributed by atoms with E-state index in [0.29, 0.717) is 11.7 Å². The first-order chi connectivity index (χ1) is 6.48. The Morgan fingerprint density at radius 2 is 2.07 bits per heavy atom. The first kappa shape index (κ1) is 9.70. The summed E-state index contributed by atoms with van der Waals surface area (Å²) in [5, 5.41) is 0. The number of rotatable bonds is 0. The van der Waals surface area contributed by atoms with Crippen LogP contribution in [0.4, 0.5) is 0 Å². The molecule has 0 aromatic carbocycles. The highest BCUT2D eigenvalue weighted by Crippen LogP contribution is 2.39. The molecule has 76 valence electrons. The summed E-state index contributed by atoms with van der Waals surface area (Å²) in [5.41, 5.74) is 2.61. The Kier molecular flexibility index (Phi) is 2.13. The lowest BCUT2D eigenvalue weighted by Gasteiger charge is -2.25. The summed E-state index contributed by atoms with van der Waals surface area (Å²) in [7, 11) is 0. The Morgan fingerprint density at radius 3 is 2.71 bits per heavy atom. The van der Waals surface area contributed by atoms with E-state index in [9.17, 15) is 4.79 Å². The van der Waals surface area contributed by atoms with E-state index >= 15 is 0 Å². The van der Waals surface area contributed by atoms with E-state index in [-0.39, 0.29) is 5.41 Å². The molecule has 1 fully saturated rings. The third-order valence-corrected chi connectivity index (χ3v) is 3.28. The van der Waals surface area contributed by atoms with E-state index in [1.54, 1.807) is 0 Å². The highest BCUT2D eigenvalue weighted by Gasteiger charge is 2.31. The number of hydrogen-bond donors (Lipinski definition) is 0. The molecule has 1 nitrogen and oxygen atoms in total. The van der Waals surface area contributed by atoms with Crippen molar-refractivity contribution in [3.8, 4) is 0 Å². The van der Waals surface area contributed by atoms with Crippen molar-refractivity contribution in [1.82, 2.24) is 0 Å². The lowest BCUT2D eigenvalue weighted by Crippen LogP contribution is -2.14. The second-order valence-corrected chi connectivity index (χ2v) is 5.40. The average molecular weight is 190 g/mol. The fourth-order valence-corrected chi connectivity index (χ4v) is 2.29. The SMILES string of the molecule is CC(C)(C)C1=CCC2CCC(=O)C2=C1. The maximum Gasteiger partial charge on any atom is 0.159 e. The van der Waals surface area contributed by atoms with Crippen LogP contribution in [0.5, 0.6) is 0 Å². The molecule has 2 rings (SSSR count).